The third-order valence-corrected chi connectivity index (χ3v) is 5.63. The number of aromatic nitrogens is 4. The first-order valence-electron chi connectivity index (χ1n) is 11.2. The third-order valence-electron chi connectivity index (χ3n) is 4.68. The molecule has 12 nitrogen and oxygen atoms in total. The fourth-order valence-electron chi connectivity index (χ4n) is 3.17. The maximum Gasteiger partial charge on any atom is 0.534 e. The Bertz CT molecular complexity index is 1280. The number of rotatable bonds is 10. The number of carbonyl (C=O) groups excluding carboxylic acids is 2. The molecule has 0 aliphatic rings. The van der Waals surface area contributed by atoms with Crippen LogP contribution in [0.4, 0.5) is 26.7 Å². The molecule has 0 saturated carbocycles. The highest BCUT2D eigenvalue weighted by Gasteiger charge is 2.49. The summed E-state index contributed by atoms with van der Waals surface area (Å²) in [7, 11) is -4.56. The molecule has 2 heterocycles. The first kappa shape index (κ1) is 31.8. The first-order chi connectivity index (χ1) is 17.6. The van der Waals surface area contributed by atoms with Gasteiger partial charge < -0.3 is 19.6 Å². The number of hydrogen-bond donors (Lipinski definition) is 2. The Balaban J connectivity index is 2.30. The zero-order valence-corrected chi connectivity index (χ0v) is 22.7. The standard InChI is InChI=1S/C21H29F5N6O6S/c1-19(2,3)37-18(34)28-14(7-12-9-27-31(6)10-12)17(33)29-20(4,5)11-32-15(8-13(30-32)16(22)23)38-39(35,36)21(24,25)26/h8-10,14,16H,7,11H2,1-6H3,(H,28,34)(H,29,33)/t14-/m1/s1. The lowest BCUT2D eigenvalue weighted by Gasteiger charge is -2.30. The van der Waals surface area contributed by atoms with Crippen LogP contribution in [0.3, 0.4) is 0 Å². The summed E-state index contributed by atoms with van der Waals surface area (Å²) in [5.74, 6) is -1.91. The Morgan fingerprint density at radius 3 is 2.23 bits per heavy atom. The molecule has 0 aliphatic heterocycles. The minimum absolute atomic E-state index is 0.0372. The average Bonchev–Trinajstić information content (AvgIpc) is 3.30. The second-order valence-corrected chi connectivity index (χ2v) is 11.7. The third kappa shape index (κ3) is 9.36. The maximum absolute atomic E-state index is 13.2. The largest absolute Gasteiger partial charge is 0.534 e. The van der Waals surface area contributed by atoms with Gasteiger partial charge in [0, 0.05) is 25.7 Å². The number of alkyl halides is 5. The molecule has 2 aromatic heterocycles. The lowest BCUT2D eigenvalue weighted by molar-refractivity contribution is -0.125. The molecule has 0 fully saturated rings. The van der Waals surface area contributed by atoms with Crippen molar-refractivity contribution in [3.8, 4) is 5.88 Å². The van der Waals surface area contributed by atoms with Crippen LogP contribution >= 0.6 is 0 Å². The van der Waals surface area contributed by atoms with Crippen molar-refractivity contribution in [2.24, 2.45) is 7.05 Å². The van der Waals surface area contributed by atoms with E-state index in [1.807, 2.05) is 0 Å². The van der Waals surface area contributed by atoms with Crippen molar-refractivity contribution in [3.63, 3.8) is 0 Å². The zero-order chi connectivity index (χ0) is 30.0. The highest BCUT2D eigenvalue weighted by atomic mass is 32.2. The van der Waals surface area contributed by atoms with Crippen molar-refractivity contribution >= 4 is 22.1 Å². The van der Waals surface area contributed by atoms with Crippen LogP contribution in [-0.4, -0.2) is 62.7 Å². The highest BCUT2D eigenvalue weighted by molar-refractivity contribution is 7.87. The van der Waals surface area contributed by atoms with E-state index in [2.05, 4.69) is 25.0 Å². The summed E-state index contributed by atoms with van der Waals surface area (Å²) < 4.78 is 98.9. The summed E-state index contributed by atoms with van der Waals surface area (Å²) in [6.45, 7) is 6.98. The molecule has 2 amide bonds. The molecule has 18 heteroatoms. The minimum Gasteiger partial charge on any atom is -0.444 e. The monoisotopic (exact) mass is 588 g/mol. The van der Waals surface area contributed by atoms with Crippen LogP contribution in [-0.2, 0) is 39.7 Å². The van der Waals surface area contributed by atoms with Crippen LogP contribution in [0.2, 0.25) is 0 Å². The molecule has 0 bridgehead atoms. The lowest BCUT2D eigenvalue weighted by Crippen LogP contribution is -2.55. The molecular formula is C21H29F5N6O6S. The molecule has 2 aromatic rings. The van der Waals surface area contributed by atoms with Gasteiger partial charge in [-0.05, 0) is 40.2 Å². The van der Waals surface area contributed by atoms with Crippen molar-refractivity contribution in [1.82, 2.24) is 30.2 Å². The predicted molar refractivity (Wildman–Crippen MR) is 125 cm³/mol. The summed E-state index contributed by atoms with van der Waals surface area (Å²) in [6.07, 6.45) is -1.15. The van der Waals surface area contributed by atoms with Crippen molar-refractivity contribution < 1.29 is 48.9 Å². The van der Waals surface area contributed by atoms with Gasteiger partial charge in [0.1, 0.15) is 17.3 Å². The molecule has 220 valence electrons. The predicted octanol–water partition coefficient (Wildman–Crippen LogP) is 2.81. The van der Waals surface area contributed by atoms with Gasteiger partial charge in [-0.15, -0.1) is 0 Å². The Kier molecular flexibility index (Phi) is 9.25. The number of hydrogen-bond acceptors (Lipinski definition) is 8. The lowest BCUT2D eigenvalue weighted by atomic mass is 10.0. The van der Waals surface area contributed by atoms with E-state index in [1.165, 1.54) is 24.7 Å². The number of amides is 2. The Morgan fingerprint density at radius 2 is 1.74 bits per heavy atom. The van der Waals surface area contributed by atoms with E-state index in [-0.39, 0.29) is 6.42 Å². The maximum atomic E-state index is 13.2. The van der Waals surface area contributed by atoms with Crippen molar-refractivity contribution in [2.45, 2.75) is 76.7 Å². The first-order valence-corrected chi connectivity index (χ1v) is 12.6. The SMILES string of the molecule is Cn1cc(C[C@@H](NC(=O)OC(C)(C)C)C(=O)NC(C)(C)Cn2nc(C(F)F)cc2OS(=O)(=O)C(F)(F)F)cn1. The van der Waals surface area contributed by atoms with Gasteiger partial charge in [0.2, 0.25) is 11.8 Å². The van der Waals surface area contributed by atoms with Crippen LogP contribution in [0.15, 0.2) is 18.5 Å². The van der Waals surface area contributed by atoms with E-state index in [0.29, 0.717) is 16.3 Å². The smallest absolute Gasteiger partial charge is 0.444 e. The summed E-state index contributed by atoms with van der Waals surface area (Å²) >= 11 is 0. The molecule has 0 unspecified atom stereocenters. The number of halogens is 5. The van der Waals surface area contributed by atoms with Crippen LogP contribution in [0, 0.1) is 0 Å². The van der Waals surface area contributed by atoms with Gasteiger partial charge in [0.05, 0.1) is 18.3 Å². The second-order valence-electron chi connectivity index (χ2n) is 10.1. The fourth-order valence-corrected chi connectivity index (χ4v) is 3.63. The van der Waals surface area contributed by atoms with Crippen molar-refractivity contribution in [1.29, 1.82) is 0 Å². The van der Waals surface area contributed by atoms with E-state index >= 15 is 0 Å². The van der Waals surface area contributed by atoms with Gasteiger partial charge in [-0.2, -0.15) is 31.8 Å². The number of carbonyl (C=O) groups is 2. The molecule has 0 saturated heterocycles. The van der Waals surface area contributed by atoms with E-state index < -0.39 is 69.4 Å². The summed E-state index contributed by atoms with van der Waals surface area (Å²) in [5.41, 5.74) is -8.64. The summed E-state index contributed by atoms with van der Waals surface area (Å²) in [4.78, 5) is 25.6. The normalized spacial score (nSPS) is 13.7. The molecule has 1 atom stereocenters. The minimum atomic E-state index is -6.20. The molecule has 0 aliphatic carbocycles. The van der Waals surface area contributed by atoms with Gasteiger partial charge in [0.25, 0.3) is 6.43 Å². The van der Waals surface area contributed by atoms with Gasteiger partial charge >= 0.3 is 21.7 Å². The Hall–Kier alpha value is -3.44. The number of aryl methyl sites for hydroxylation is 1. The van der Waals surface area contributed by atoms with Gasteiger partial charge in [-0.1, -0.05) is 0 Å². The molecule has 2 rings (SSSR count). The van der Waals surface area contributed by atoms with E-state index in [1.54, 1.807) is 34.0 Å². The quantitative estimate of drug-likeness (QED) is 0.245. The molecule has 0 spiro atoms. The van der Waals surface area contributed by atoms with Crippen LogP contribution in [0.25, 0.3) is 0 Å². The number of nitrogens with zero attached hydrogens (tertiary/aromatic N) is 4. The summed E-state index contributed by atoms with van der Waals surface area (Å²) in [5, 5.41) is 12.4. The van der Waals surface area contributed by atoms with Crippen LogP contribution < -0.4 is 14.8 Å². The van der Waals surface area contributed by atoms with E-state index in [0.717, 1.165) is 0 Å². The van der Waals surface area contributed by atoms with Gasteiger partial charge in [0.15, 0.2) is 0 Å². The van der Waals surface area contributed by atoms with E-state index in [9.17, 15) is 40.0 Å². The molecule has 2 N–H and O–H groups in total. The van der Waals surface area contributed by atoms with E-state index in [4.69, 9.17) is 4.74 Å². The second kappa shape index (κ2) is 11.4. The van der Waals surface area contributed by atoms with Gasteiger partial charge in [-0.3, -0.25) is 9.48 Å². The number of nitrogens with one attached hydrogen (secondary N) is 2. The molecule has 0 aromatic carbocycles. The van der Waals surface area contributed by atoms with Crippen molar-refractivity contribution in [3.05, 3.63) is 29.7 Å². The summed E-state index contributed by atoms with van der Waals surface area (Å²) in [6, 6.07) is -0.875. The highest BCUT2D eigenvalue weighted by Crippen LogP contribution is 2.30. The molecule has 0 radical (unpaired) electrons. The Morgan fingerprint density at radius 1 is 1.13 bits per heavy atom. The van der Waals surface area contributed by atoms with Gasteiger partial charge in [-0.25, -0.2) is 18.3 Å². The number of alkyl carbamates (subject to hydrolysis) is 1. The average molecular weight is 589 g/mol. The Labute approximate surface area is 220 Å². The van der Waals surface area contributed by atoms with Crippen LogP contribution in [0.1, 0.15) is 52.3 Å². The number of ether oxygens (including phenoxy) is 1. The van der Waals surface area contributed by atoms with Crippen molar-refractivity contribution in [2.75, 3.05) is 0 Å². The molecular weight excluding hydrogens is 559 g/mol. The fraction of sp³-hybridized carbons (Fsp3) is 0.619. The molecule has 39 heavy (non-hydrogen) atoms. The topological polar surface area (TPSA) is 146 Å². The zero-order valence-electron chi connectivity index (χ0n) is 21.8. The van der Waals surface area contributed by atoms with Crippen LogP contribution in [0.5, 0.6) is 5.88 Å².